The van der Waals surface area contributed by atoms with Crippen molar-refractivity contribution in [1.29, 1.82) is 0 Å². The zero-order valence-corrected chi connectivity index (χ0v) is 68.2. The van der Waals surface area contributed by atoms with Crippen LogP contribution in [0.15, 0.2) is 207 Å². The second kappa shape index (κ2) is 78.8. The Balaban J connectivity index is 5.56. The molecule has 5 atom stereocenters. The van der Waals surface area contributed by atoms with Gasteiger partial charge >= 0.3 is 39.5 Å². The molecular weight excluding hydrogens is 1400 g/mol. The molecule has 0 saturated carbocycles. The molecule has 0 aliphatic heterocycles. The van der Waals surface area contributed by atoms with Crippen LogP contribution in [0.5, 0.6) is 0 Å². The standard InChI is InChI=1S/C89H140O17P2/c1-5-9-13-17-21-25-29-33-36-39-41-44-46-50-53-57-61-65-69-73-86(91)99-79-84(105-88(93)75-71-67-63-59-55-49-32-28-24-20-16-12-8-4)81-103-107(95,96)101-77-83(90)78-102-108(97,98)104-82-85(106-89(94)76-72-68-64-60-56-52-48-43-38-35-31-27-23-19-15-11-7-3)80-100-87(92)74-70-66-62-58-54-51-47-45-42-40-37-34-30-26-22-18-14-10-6-2/h9-11,13-15,21-23,25-27,33-38,41-42,44-45,48,50-54,60-62,64-66,83-85,90H,5-8,12,16-20,24,28-32,39-40,43,46-47,49,55-59,63,67-82H2,1-4H3,(H,95,96)(H,97,98)/b13-9-,14-10-,15-11-,25-21-,26-22-,27-23-,36-33-,37-34-,38-35-,44-41-,45-42-,52-48-,53-50-,54-51-,64-60-,65-61-,66-62-. The summed E-state index contributed by atoms with van der Waals surface area (Å²) < 4.78 is 68.4. The van der Waals surface area contributed by atoms with Gasteiger partial charge < -0.3 is 33.8 Å². The average molecular weight is 1540 g/mol. The number of unbranched alkanes of at least 4 members (excludes halogenated alkanes) is 13. The van der Waals surface area contributed by atoms with Crippen molar-refractivity contribution < 1.29 is 80.2 Å². The summed E-state index contributed by atoms with van der Waals surface area (Å²) in [5, 5.41) is 10.6. The van der Waals surface area contributed by atoms with Gasteiger partial charge in [-0.15, -0.1) is 0 Å². The summed E-state index contributed by atoms with van der Waals surface area (Å²) in [6.45, 7) is 4.27. The van der Waals surface area contributed by atoms with Gasteiger partial charge in [-0.3, -0.25) is 37.3 Å². The maximum absolute atomic E-state index is 13.1. The summed E-state index contributed by atoms with van der Waals surface area (Å²) in [4.78, 5) is 73.0. The minimum atomic E-state index is -5.03. The molecular formula is C89H140O17P2. The number of hydrogen-bond donors (Lipinski definition) is 3. The van der Waals surface area contributed by atoms with E-state index in [0.29, 0.717) is 44.9 Å². The van der Waals surface area contributed by atoms with E-state index in [9.17, 15) is 43.2 Å². The molecule has 5 unspecified atom stereocenters. The SMILES string of the molecule is CC/C=C\C/C=C\C/C=C\C/C=C\C/C=C\C/C=C\CCC(=O)OCC(COP(=O)(O)OCC(O)COP(=O)(O)OCC(COC(=O)CC/C=C\C/C=C\C/C=C\C/C=C\C/C=C\C/C=C\CC)OC(=O)CCCCCCCCCCCCCCC)OC(=O)CCC/C=C\C/C=C\C/C=C\C/C=C\C/C=C\CC. The topological polar surface area (TPSA) is 237 Å². The van der Waals surface area contributed by atoms with Gasteiger partial charge in [-0.05, 0) is 141 Å². The maximum Gasteiger partial charge on any atom is 0.472 e. The summed E-state index contributed by atoms with van der Waals surface area (Å²) >= 11 is 0. The van der Waals surface area contributed by atoms with Crippen molar-refractivity contribution in [2.45, 2.75) is 290 Å². The first-order chi connectivity index (χ1) is 52.7. The van der Waals surface area contributed by atoms with Crippen LogP contribution in [0, 0.1) is 0 Å². The first kappa shape index (κ1) is 102. The van der Waals surface area contributed by atoms with Crippen molar-refractivity contribution in [2.24, 2.45) is 0 Å². The number of aliphatic hydroxyl groups excluding tert-OH is 1. The fraction of sp³-hybridized carbons (Fsp3) is 0.573. The van der Waals surface area contributed by atoms with E-state index >= 15 is 0 Å². The largest absolute Gasteiger partial charge is 0.472 e. The zero-order chi connectivity index (χ0) is 78.9. The van der Waals surface area contributed by atoms with E-state index in [4.69, 9.17) is 37.0 Å². The maximum atomic E-state index is 13.1. The predicted octanol–water partition coefficient (Wildman–Crippen LogP) is 23.9. The van der Waals surface area contributed by atoms with Crippen molar-refractivity contribution in [3.8, 4) is 0 Å². The van der Waals surface area contributed by atoms with Crippen molar-refractivity contribution in [3.05, 3.63) is 207 Å². The average Bonchev–Trinajstić information content (AvgIpc) is 0.886. The van der Waals surface area contributed by atoms with Gasteiger partial charge in [0.05, 0.1) is 26.4 Å². The third-order valence-electron chi connectivity index (χ3n) is 15.8. The Kier molecular flexibility index (Phi) is 74.1. The fourth-order valence-corrected chi connectivity index (χ4v) is 11.4. The van der Waals surface area contributed by atoms with E-state index in [1.165, 1.54) is 51.4 Å². The van der Waals surface area contributed by atoms with Crippen LogP contribution in [-0.2, 0) is 65.4 Å². The molecule has 3 N–H and O–H groups in total. The highest BCUT2D eigenvalue weighted by Crippen LogP contribution is 2.45. The van der Waals surface area contributed by atoms with Crippen LogP contribution < -0.4 is 0 Å². The van der Waals surface area contributed by atoms with Crippen molar-refractivity contribution in [3.63, 3.8) is 0 Å². The minimum Gasteiger partial charge on any atom is -0.462 e. The number of carbonyl (C=O) groups is 4. The van der Waals surface area contributed by atoms with Gasteiger partial charge in [-0.25, -0.2) is 9.13 Å². The van der Waals surface area contributed by atoms with Crippen LogP contribution in [0.4, 0.5) is 0 Å². The first-order valence-corrected chi connectivity index (χ1v) is 43.3. The molecule has 0 saturated heterocycles. The number of esters is 4. The number of rotatable bonds is 73. The van der Waals surface area contributed by atoms with E-state index in [1.54, 1.807) is 0 Å². The summed E-state index contributed by atoms with van der Waals surface area (Å²) in [6.07, 6.45) is 98.5. The second-order valence-corrected chi connectivity index (χ2v) is 28.8. The third kappa shape index (κ3) is 77.8. The van der Waals surface area contributed by atoms with Gasteiger partial charge in [0.2, 0.25) is 0 Å². The van der Waals surface area contributed by atoms with Crippen LogP contribution in [-0.4, -0.2) is 96.7 Å². The molecule has 0 bridgehead atoms. The molecule has 0 heterocycles. The first-order valence-electron chi connectivity index (χ1n) is 40.3. The lowest BCUT2D eigenvalue weighted by Crippen LogP contribution is -2.30. The lowest BCUT2D eigenvalue weighted by molar-refractivity contribution is -0.161. The molecule has 17 nitrogen and oxygen atoms in total. The number of carbonyl (C=O) groups excluding carboxylic acids is 4. The molecule has 0 aliphatic rings. The Hall–Kier alpha value is -6.36. The van der Waals surface area contributed by atoms with Gasteiger partial charge in [0, 0.05) is 25.7 Å². The van der Waals surface area contributed by atoms with Gasteiger partial charge in [-0.2, -0.15) is 0 Å². The molecule has 108 heavy (non-hydrogen) atoms. The molecule has 0 aliphatic carbocycles. The van der Waals surface area contributed by atoms with E-state index in [2.05, 4.69) is 186 Å². The molecule has 19 heteroatoms. The predicted molar refractivity (Wildman–Crippen MR) is 445 cm³/mol. The molecule has 0 amide bonds. The summed E-state index contributed by atoms with van der Waals surface area (Å²) in [7, 11) is -10.0. The van der Waals surface area contributed by atoms with Crippen molar-refractivity contribution in [2.75, 3.05) is 39.6 Å². The molecule has 0 aromatic carbocycles. The van der Waals surface area contributed by atoms with Crippen LogP contribution in [0.2, 0.25) is 0 Å². The number of aliphatic hydroxyl groups is 1. The lowest BCUT2D eigenvalue weighted by atomic mass is 10.0. The number of ether oxygens (including phenoxy) is 4. The Morgan fingerprint density at radius 3 is 0.778 bits per heavy atom. The smallest absolute Gasteiger partial charge is 0.462 e. The Labute approximate surface area is 652 Å². The quantitative estimate of drug-likeness (QED) is 0.0169. The normalized spacial score (nSPS) is 14.9. The Morgan fingerprint density at radius 1 is 0.269 bits per heavy atom. The number of phosphoric ester groups is 2. The number of allylic oxidation sites excluding steroid dienone is 34. The fourth-order valence-electron chi connectivity index (χ4n) is 9.78. The zero-order valence-electron chi connectivity index (χ0n) is 66.4. The lowest BCUT2D eigenvalue weighted by Gasteiger charge is -2.21. The third-order valence-corrected chi connectivity index (χ3v) is 17.7. The van der Waals surface area contributed by atoms with Crippen molar-refractivity contribution >= 4 is 39.5 Å². The highest BCUT2D eigenvalue weighted by molar-refractivity contribution is 7.47. The molecule has 0 aromatic heterocycles. The molecule has 0 spiro atoms. The molecule has 0 radical (unpaired) electrons. The Bertz CT molecular complexity index is 2860. The number of hydrogen-bond acceptors (Lipinski definition) is 15. The van der Waals surface area contributed by atoms with Crippen LogP contribution in [0.3, 0.4) is 0 Å². The van der Waals surface area contributed by atoms with Gasteiger partial charge in [0.15, 0.2) is 12.2 Å². The minimum absolute atomic E-state index is 0.00947. The number of phosphoric acid groups is 2. The van der Waals surface area contributed by atoms with Gasteiger partial charge in [0.1, 0.15) is 19.3 Å². The molecule has 608 valence electrons. The summed E-state index contributed by atoms with van der Waals surface area (Å²) in [5.74, 6) is -2.46. The summed E-state index contributed by atoms with van der Waals surface area (Å²) in [5.41, 5.74) is 0. The van der Waals surface area contributed by atoms with E-state index in [-0.39, 0.29) is 25.7 Å². The second-order valence-electron chi connectivity index (χ2n) is 25.9. The van der Waals surface area contributed by atoms with E-state index < -0.39 is 97.5 Å². The molecule has 0 fully saturated rings. The van der Waals surface area contributed by atoms with Crippen LogP contribution in [0.25, 0.3) is 0 Å². The van der Waals surface area contributed by atoms with E-state index in [0.717, 1.165) is 122 Å². The van der Waals surface area contributed by atoms with Gasteiger partial charge in [-0.1, -0.05) is 311 Å². The highest BCUT2D eigenvalue weighted by Gasteiger charge is 2.30. The monoisotopic (exact) mass is 1540 g/mol. The Morgan fingerprint density at radius 2 is 0.500 bits per heavy atom. The highest BCUT2D eigenvalue weighted by atomic mass is 31.2. The molecule has 0 aromatic rings. The van der Waals surface area contributed by atoms with E-state index in [1.807, 2.05) is 48.6 Å². The summed E-state index contributed by atoms with van der Waals surface area (Å²) in [6, 6.07) is 0. The van der Waals surface area contributed by atoms with Crippen LogP contribution >= 0.6 is 15.6 Å². The molecule has 0 rings (SSSR count). The van der Waals surface area contributed by atoms with Crippen molar-refractivity contribution in [1.82, 2.24) is 0 Å². The van der Waals surface area contributed by atoms with Crippen LogP contribution in [0.1, 0.15) is 272 Å². The van der Waals surface area contributed by atoms with Gasteiger partial charge in [0.25, 0.3) is 0 Å².